The fraction of sp³-hybridized carbons (Fsp3) is 0.421. The fourth-order valence-electron chi connectivity index (χ4n) is 4.48. The molecule has 0 saturated carbocycles. The van der Waals surface area contributed by atoms with Gasteiger partial charge in [-0.05, 0) is 38.5 Å². The number of hydrogen-bond acceptors (Lipinski definition) is 4. The minimum Gasteiger partial charge on any atom is -0.481 e. The van der Waals surface area contributed by atoms with Crippen LogP contribution in [0.25, 0.3) is 0 Å². The molecule has 1 aromatic carbocycles. The largest absolute Gasteiger partial charge is 0.481 e. The van der Waals surface area contributed by atoms with E-state index in [0.29, 0.717) is 60.4 Å². The zero-order valence-corrected chi connectivity index (χ0v) is 14.1. The van der Waals surface area contributed by atoms with Crippen LogP contribution in [0.2, 0.25) is 0 Å². The summed E-state index contributed by atoms with van der Waals surface area (Å²) in [7, 11) is 0. The molecule has 6 nitrogen and oxygen atoms in total. The zero-order valence-electron chi connectivity index (χ0n) is 14.1. The average molecular weight is 356 g/mol. The van der Waals surface area contributed by atoms with E-state index in [1.165, 1.54) is 6.07 Å². The standard InChI is InChI=1S/C19H17FN2O4/c20-13-8-14-17-12(6-3-7-21(17)15(23)9-26-14)16(13)22-18(24)10-4-1-2-5-11(10)19(22)25/h8H,1-7,9H2. The van der Waals surface area contributed by atoms with Crippen molar-refractivity contribution < 1.29 is 23.5 Å². The van der Waals surface area contributed by atoms with Gasteiger partial charge in [-0.3, -0.25) is 14.4 Å². The molecule has 0 aromatic heterocycles. The van der Waals surface area contributed by atoms with Gasteiger partial charge in [-0.25, -0.2) is 9.29 Å². The highest BCUT2D eigenvalue weighted by molar-refractivity contribution is 6.33. The second kappa shape index (κ2) is 5.40. The molecule has 0 spiro atoms. The monoisotopic (exact) mass is 356 g/mol. The van der Waals surface area contributed by atoms with Gasteiger partial charge in [0.25, 0.3) is 17.7 Å². The van der Waals surface area contributed by atoms with Gasteiger partial charge in [0, 0.05) is 29.3 Å². The summed E-state index contributed by atoms with van der Waals surface area (Å²) < 4.78 is 20.4. The van der Waals surface area contributed by atoms with Crippen LogP contribution >= 0.6 is 0 Å². The number of nitrogens with zero attached hydrogens (tertiary/aromatic N) is 2. The Balaban J connectivity index is 1.69. The van der Waals surface area contributed by atoms with Crippen molar-refractivity contribution in [1.82, 2.24) is 0 Å². The van der Waals surface area contributed by atoms with Crippen molar-refractivity contribution in [3.05, 3.63) is 28.6 Å². The number of benzene rings is 1. The van der Waals surface area contributed by atoms with Gasteiger partial charge in [0.2, 0.25) is 0 Å². The van der Waals surface area contributed by atoms with Gasteiger partial charge in [0.05, 0.1) is 11.4 Å². The topological polar surface area (TPSA) is 66.9 Å². The summed E-state index contributed by atoms with van der Waals surface area (Å²) in [5.41, 5.74) is 2.06. The molecule has 0 radical (unpaired) electrons. The van der Waals surface area contributed by atoms with Crippen molar-refractivity contribution in [2.45, 2.75) is 38.5 Å². The lowest BCUT2D eigenvalue weighted by molar-refractivity contribution is -0.122. The van der Waals surface area contributed by atoms with E-state index in [9.17, 15) is 14.4 Å². The molecule has 0 fully saturated rings. The van der Waals surface area contributed by atoms with Crippen molar-refractivity contribution >= 4 is 29.1 Å². The molecule has 7 heteroatoms. The number of hydrogen-bond donors (Lipinski definition) is 0. The number of ether oxygens (including phenoxy) is 1. The summed E-state index contributed by atoms with van der Waals surface area (Å²) in [6.45, 7) is 0.409. The number of rotatable bonds is 1. The first-order valence-corrected chi connectivity index (χ1v) is 8.97. The summed E-state index contributed by atoms with van der Waals surface area (Å²) in [5, 5.41) is 0. The van der Waals surface area contributed by atoms with Crippen LogP contribution < -0.4 is 14.5 Å². The van der Waals surface area contributed by atoms with E-state index in [1.54, 1.807) is 4.90 Å². The third kappa shape index (κ3) is 1.94. The molecule has 4 aliphatic rings. The molecule has 0 unspecified atom stereocenters. The number of carbonyl (C=O) groups is 3. The number of carbonyl (C=O) groups excluding carboxylic acids is 3. The van der Waals surface area contributed by atoms with Gasteiger partial charge in [0.1, 0.15) is 5.75 Å². The summed E-state index contributed by atoms with van der Waals surface area (Å²) in [5.74, 6) is -1.37. The molecular weight excluding hydrogens is 339 g/mol. The Kier molecular flexibility index (Phi) is 3.23. The van der Waals surface area contributed by atoms with Crippen molar-refractivity contribution in [3.63, 3.8) is 0 Å². The molecule has 1 aliphatic carbocycles. The third-order valence-electron chi connectivity index (χ3n) is 5.63. The second-order valence-corrected chi connectivity index (χ2v) is 7.08. The lowest BCUT2D eigenvalue weighted by atomic mass is 9.93. The fourth-order valence-corrected chi connectivity index (χ4v) is 4.48. The van der Waals surface area contributed by atoms with Gasteiger partial charge in [-0.15, -0.1) is 0 Å². The smallest absolute Gasteiger partial charge is 0.265 e. The van der Waals surface area contributed by atoms with Gasteiger partial charge in [0.15, 0.2) is 12.4 Å². The Morgan fingerprint density at radius 2 is 1.62 bits per heavy atom. The van der Waals surface area contributed by atoms with Crippen molar-refractivity contribution in [3.8, 4) is 5.75 Å². The van der Waals surface area contributed by atoms with Crippen LogP contribution in [-0.2, 0) is 20.8 Å². The number of imide groups is 1. The molecule has 3 heterocycles. The van der Waals surface area contributed by atoms with Crippen molar-refractivity contribution in [1.29, 1.82) is 0 Å². The van der Waals surface area contributed by atoms with Gasteiger partial charge in [-0.1, -0.05) is 0 Å². The molecule has 26 heavy (non-hydrogen) atoms. The Morgan fingerprint density at radius 1 is 0.923 bits per heavy atom. The highest BCUT2D eigenvalue weighted by Gasteiger charge is 2.44. The van der Waals surface area contributed by atoms with Crippen LogP contribution in [0.3, 0.4) is 0 Å². The molecule has 0 atom stereocenters. The highest BCUT2D eigenvalue weighted by atomic mass is 19.1. The molecule has 3 amide bonds. The first kappa shape index (κ1) is 15.5. The van der Waals surface area contributed by atoms with E-state index >= 15 is 4.39 Å². The molecule has 134 valence electrons. The minimum atomic E-state index is -0.656. The van der Waals surface area contributed by atoms with Crippen molar-refractivity contribution in [2.24, 2.45) is 0 Å². The summed E-state index contributed by atoms with van der Waals surface area (Å²) in [4.78, 5) is 40.5. The van der Waals surface area contributed by atoms with E-state index in [4.69, 9.17) is 4.74 Å². The maximum Gasteiger partial charge on any atom is 0.265 e. The first-order valence-electron chi connectivity index (χ1n) is 8.97. The average Bonchev–Trinajstić information content (AvgIpc) is 2.90. The van der Waals surface area contributed by atoms with Crippen molar-refractivity contribution in [2.75, 3.05) is 23.0 Å². The SMILES string of the molecule is O=C1COc2cc(F)c(N3C(=O)C4=C(CCCC4)C3=O)c3c2N1CCC3. The van der Waals surface area contributed by atoms with Crippen LogP contribution in [0.1, 0.15) is 37.7 Å². The molecule has 3 aliphatic heterocycles. The second-order valence-electron chi connectivity index (χ2n) is 7.08. The molecule has 5 rings (SSSR count). The van der Waals surface area contributed by atoms with E-state index in [-0.39, 0.29) is 18.2 Å². The molecule has 0 N–H and O–H groups in total. The number of halogens is 1. The van der Waals surface area contributed by atoms with Crippen LogP contribution in [0.15, 0.2) is 17.2 Å². The van der Waals surface area contributed by atoms with Gasteiger partial charge < -0.3 is 9.64 Å². The Hall–Kier alpha value is -2.70. The maximum atomic E-state index is 15.0. The molecule has 0 bridgehead atoms. The lowest BCUT2D eigenvalue weighted by Gasteiger charge is -2.36. The normalized spacial score (nSPS) is 21.8. The highest BCUT2D eigenvalue weighted by Crippen LogP contribution is 2.47. The first-order chi connectivity index (χ1) is 12.6. The van der Waals surface area contributed by atoms with E-state index in [0.717, 1.165) is 17.7 Å². The quantitative estimate of drug-likeness (QED) is 0.724. The van der Waals surface area contributed by atoms with Crippen LogP contribution in [0.5, 0.6) is 5.75 Å². The minimum absolute atomic E-state index is 0.00356. The summed E-state index contributed by atoms with van der Waals surface area (Å²) in [6.07, 6.45) is 3.99. The summed E-state index contributed by atoms with van der Waals surface area (Å²) >= 11 is 0. The van der Waals surface area contributed by atoms with Gasteiger partial charge >= 0.3 is 0 Å². The van der Waals surface area contributed by atoms with Crippen LogP contribution in [0.4, 0.5) is 15.8 Å². The lowest BCUT2D eigenvalue weighted by Crippen LogP contribution is -2.43. The Labute approximate surface area is 149 Å². The number of amides is 3. The molecular formula is C19H17FN2O4. The molecule has 0 saturated heterocycles. The van der Waals surface area contributed by atoms with Gasteiger partial charge in [-0.2, -0.15) is 0 Å². The van der Waals surface area contributed by atoms with E-state index < -0.39 is 17.6 Å². The van der Waals surface area contributed by atoms with Crippen LogP contribution in [0, 0.1) is 5.82 Å². The predicted molar refractivity (Wildman–Crippen MR) is 90.6 cm³/mol. The maximum absolute atomic E-state index is 15.0. The van der Waals surface area contributed by atoms with Crippen LogP contribution in [-0.4, -0.2) is 30.9 Å². The zero-order chi connectivity index (χ0) is 18.0. The molecule has 1 aromatic rings. The predicted octanol–water partition coefficient (Wildman–Crippen LogP) is 2.24. The Morgan fingerprint density at radius 3 is 2.31 bits per heavy atom. The van der Waals surface area contributed by atoms with E-state index in [1.807, 2.05) is 0 Å². The van der Waals surface area contributed by atoms with E-state index in [2.05, 4.69) is 0 Å². The number of anilines is 2. The Bertz CT molecular complexity index is 893. The third-order valence-corrected chi connectivity index (χ3v) is 5.63. The summed E-state index contributed by atoms with van der Waals surface area (Å²) in [6, 6.07) is 1.19.